The lowest BCUT2D eigenvalue weighted by Gasteiger charge is -2.25. The molecule has 25 heavy (non-hydrogen) atoms. The third kappa shape index (κ3) is 3.35. The highest BCUT2D eigenvalue weighted by Gasteiger charge is 2.24. The summed E-state index contributed by atoms with van der Waals surface area (Å²) >= 11 is 0. The molecule has 2 heterocycles. The molecule has 4 rings (SSSR count). The van der Waals surface area contributed by atoms with Gasteiger partial charge in [-0.25, -0.2) is 0 Å². The molecule has 3 nitrogen and oxygen atoms in total. The number of rotatable bonds is 5. The number of aromatic nitrogens is 1. The van der Waals surface area contributed by atoms with Crippen molar-refractivity contribution in [3.63, 3.8) is 0 Å². The number of nitrogens with zero attached hydrogens (tertiary/aromatic N) is 2. The van der Waals surface area contributed by atoms with Crippen LogP contribution in [0.15, 0.2) is 59.1 Å². The zero-order valence-electron chi connectivity index (χ0n) is 14.1. The highest BCUT2D eigenvalue weighted by molar-refractivity contribution is 5.70. The van der Waals surface area contributed by atoms with Crippen molar-refractivity contribution < 1.29 is 8.91 Å². The van der Waals surface area contributed by atoms with Crippen LogP contribution in [0.5, 0.6) is 0 Å². The van der Waals surface area contributed by atoms with Crippen molar-refractivity contribution in [3.05, 3.63) is 65.9 Å². The molecule has 0 radical (unpaired) electrons. The van der Waals surface area contributed by atoms with Gasteiger partial charge < -0.3 is 4.52 Å². The first kappa shape index (κ1) is 16.0. The Bertz CT molecular complexity index is 827. The first-order valence-electron chi connectivity index (χ1n) is 8.77. The van der Waals surface area contributed by atoms with Gasteiger partial charge in [0.25, 0.3) is 0 Å². The SMILES string of the molecule is FCCCN1CCc2onc(-c3ccc(-c4ccccc4)cc3)c2C1. The van der Waals surface area contributed by atoms with E-state index in [2.05, 4.69) is 46.5 Å². The minimum atomic E-state index is -0.263. The van der Waals surface area contributed by atoms with Gasteiger partial charge in [-0.05, 0) is 17.5 Å². The predicted molar refractivity (Wildman–Crippen MR) is 96.9 cm³/mol. The second kappa shape index (κ2) is 7.19. The van der Waals surface area contributed by atoms with E-state index in [4.69, 9.17) is 4.52 Å². The molecule has 0 amide bonds. The summed E-state index contributed by atoms with van der Waals surface area (Å²) in [6, 6.07) is 18.8. The maximum atomic E-state index is 12.4. The maximum absolute atomic E-state index is 12.4. The van der Waals surface area contributed by atoms with Crippen LogP contribution in [0.3, 0.4) is 0 Å². The number of halogens is 1. The monoisotopic (exact) mass is 336 g/mol. The number of benzene rings is 2. The summed E-state index contributed by atoms with van der Waals surface area (Å²) in [6.07, 6.45) is 1.43. The Balaban J connectivity index is 1.58. The van der Waals surface area contributed by atoms with Crippen molar-refractivity contribution in [3.8, 4) is 22.4 Å². The zero-order valence-corrected chi connectivity index (χ0v) is 14.1. The fourth-order valence-electron chi connectivity index (χ4n) is 3.42. The molecule has 0 unspecified atom stereocenters. The minimum Gasteiger partial charge on any atom is -0.360 e. The standard InChI is InChI=1S/C21H21FN2O/c22-12-4-13-24-14-11-20-19(15-24)21(23-25-20)18-9-7-17(8-10-18)16-5-2-1-3-6-16/h1-3,5-10H,4,11-15H2. The van der Waals surface area contributed by atoms with E-state index < -0.39 is 0 Å². The van der Waals surface area contributed by atoms with Crippen molar-refractivity contribution in [2.24, 2.45) is 0 Å². The van der Waals surface area contributed by atoms with Gasteiger partial charge in [-0.3, -0.25) is 9.29 Å². The quantitative estimate of drug-likeness (QED) is 0.675. The summed E-state index contributed by atoms with van der Waals surface area (Å²) in [5.74, 6) is 0.971. The summed E-state index contributed by atoms with van der Waals surface area (Å²) in [5, 5.41) is 4.31. The molecule has 0 N–H and O–H groups in total. The van der Waals surface area contributed by atoms with E-state index in [-0.39, 0.29) is 6.67 Å². The molecule has 0 saturated carbocycles. The molecular formula is C21H21FN2O. The van der Waals surface area contributed by atoms with Gasteiger partial charge in [0.15, 0.2) is 0 Å². The Morgan fingerprint density at radius 1 is 0.960 bits per heavy atom. The Morgan fingerprint density at radius 3 is 2.44 bits per heavy atom. The maximum Gasteiger partial charge on any atom is 0.143 e. The molecule has 128 valence electrons. The minimum absolute atomic E-state index is 0.263. The van der Waals surface area contributed by atoms with Gasteiger partial charge >= 0.3 is 0 Å². The van der Waals surface area contributed by atoms with Gasteiger partial charge in [0.1, 0.15) is 11.5 Å². The van der Waals surface area contributed by atoms with E-state index in [0.29, 0.717) is 6.42 Å². The first-order chi connectivity index (χ1) is 12.3. The molecule has 0 spiro atoms. The third-order valence-electron chi connectivity index (χ3n) is 4.78. The lowest BCUT2D eigenvalue weighted by Crippen LogP contribution is -2.31. The molecule has 0 saturated heterocycles. The molecule has 3 aromatic rings. The highest BCUT2D eigenvalue weighted by Crippen LogP contribution is 2.31. The van der Waals surface area contributed by atoms with Crippen LogP contribution in [0.4, 0.5) is 4.39 Å². The topological polar surface area (TPSA) is 29.3 Å². The first-order valence-corrected chi connectivity index (χ1v) is 8.77. The van der Waals surface area contributed by atoms with Crippen molar-refractivity contribution >= 4 is 0 Å². The van der Waals surface area contributed by atoms with Gasteiger partial charge in [0.05, 0.1) is 6.67 Å². The second-order valence-corrected chi connectivity index (χ2v) is 6.44. The third-order valence-corrected chi connectivity index (χ3v) is 4.78. The van der Waals surface area contributed by atoms with Gasteiger partial charge in [-0.15, -0.1) is 0 Å². The number of hydrogen-bond donors (Lipinski definition) is 0. The smallest absolute Gasteiger partial charge is 0.143 e. The van der Waals surface area contributed by atoms with E-state index in [1.165, 1.54) is 11.1 Å². The summed E-state index contributed by atoms with van der Waals surface area (Å²) in [5.41, 5.74) is 5.52. The Labute approximate surface area is 147 Å². The van der Waals surface area contributed by atoms with Crippen LogP contribution < -0.4 is 0 Å². The van der Waals surface area contributed by atoms with E-state index in [1.54, 1.807) is 0 Å². The van der Waals surface area contributed by atoms with Crippen LogP contribution in [0, 0.1) is 0 Å². The molecule has 0 fully saturated rings. The van der Waals surface area contributed by atoms with Gasteiger partial charge in [-0.2, -0.15) is 0 Å². The Kier molecular flexibility index (Phi) is 4.61. The molecule has 1 aliphatic rings. The van der Waals surface area contributed by atoms with Gasteiger partial charge in [-0.1, -0.05) is 59.8 Å². The van der Waals surface area contributed by atoms with Gasteiger partial charge in [0.2, 0.25) is 0 Å². The van der Waals surface area contributed by atoms with E-state index in [1.807, 2.05) is 18.2 Å². The largest absolute Gasteiger partial charge is 0.360 e. The molecule has 0 aliphatic carbocycles. The van der Waals surface area contributed by atoms with Crippen LogP contribution >= 0.6 is 0 Å². The molecular weight excluding hydrogens is 315 g/mol. The summed E-state index contributed by atoms with van der Waals surface area (Å²) < 4.78 is 18.0. The lowest BCUT2D eigenvalue weighted by atomic mass is 9.99. The normalized spacial score (nSPS) is 14.4. The van der Waals surface area contributed by atoms with Crippen LogP contribution in [0.25, 0.3) is 22.4 Å². The molecule has 4 heteroatoms. The lowest BCUT2D eigenvalue weighted by molar-refractivity contribution is 0.226. The van der Waals surface area contributed by atoms with E-state index in [9.17, 15) is 4.39 Å². The molecule has 1 aromatic heterocycles. The average molecular weight is 336 g/mol. The molecule has 0 bridgehead atoms. The van der Waals surface area contributed by atoms with Crippen LogP contribution in [0.1, 0.15) is 17.7 Å². The molecule has 1 aliphatic heterocycles. The average Bonchev–Trinajstić information content (AvgIpc) is 3.10. The fraction of sp³-hybridized carbons (Fsp3) is 0.286. The Morgan fingerprint density at radius 2 is 1.68 bits per heavy atom. The van der Waals surface area contributed by atoms with E-state index in [0.717, 1.165) is 48.6 Å². The summed E-state index contributed by atoms with van der Waals surface area (Å²) in [6.45, 7) is 2.22. The molecule has 0 atom stereocenters. The van der Waals surface area contributed by atoms with Crippen LogP contribution in [-0.2, 0) is 13.0 Å². The second-order valence-electron chi connectivity index (χ2n) is 6.44. The van der Waals surface area contributed by atoms with Crippen LogP contribution in [0.2, 0.25) is 0 Å². The van der Waals surface area contributed by atoms with Crippen molar-refractivity contribution in [2.75, 3.05) is 19.8 Å². The van der Waals surface area contributed by atoms with Crippen molar-refractivity contribution in [1.82, 2.24) is 10.1 Å². The van der Waals surface area contributed by atoms with E-state index >= 15 is 0 Å². The fourth-order valence-corrected chi connectivity index (χ4v) is 3.42. The Hall–Kier alpha value is -2.46. The van der Waals surface area contributed by atoms with Gasteiger partial charge in [0, 0.05) is 37.2 Å². The predicted octanol–water partition coefficient (Wildman–Crippen LogP) is 4.73. The van der Waals surface area contributed by atoms with Crippen molar-refractivity contribution in [2.45, 2.75) is 19.4 Å². The zero-order chi connectivity index (χ0) is 17.1. The number of hydrogen-bond acceptors (Lipinski definition) is 3. The summed E-state index contributed by atoms with van der Waals surface area (Å²) in [7, 11) is 0. The highest BCUT2D eigenvalue weighted by atomic mass is 19.1. The van der Waals surface area contributed by atoms with Crippen molar-refractivity contribution in [1.29, 1.82) is 0 Å². The molecule has 2 aromatic carbocycles. The summed E-state index contributed by atoms with van der Waals surface area (Å²) in [4.78, 5) is 2.28. The number of alkyl halides is 1. The van der Waals surface area contributed by atoms with Crippen LogP contribution in [-0.4, -0.2) is 29.8 Å². The number of fused-ring (bicyclic) bond motifs is 1.